The molecule has 1 aliphatic heterocycles. The fourth-order valence-electron chi connectivity index (χ4n) is 2.88. The van der Waals surface area contributed by atoms with E-state index in [1.165, 1.54) is 17.7 Å². The van der Waals surface area contributed by atoms with E-state index in [2.05, 4.69) is 5.32 Å². The van der Waals surface area contributed by atoms with Gasteiger partial charge in [-0.15, -0.1) is 0 Å². The molecule has 1 aliphatic rings. The molecule has 2 heterocycles. The molecule has 0 radical (unpaired) electrons. The Balaban J connectivity index is 2.00. The average Bonchev–Trinajstić information content (AvgIpc) is 2.63. The number of nitrogens with zero attached hydrogens (tertiary/aromatic N) is 3. The molecule has 1 unspecified atom stereocenters. The largest absolute Gasteiger partial charge is 0.477 e. The standard InChI is InChI=1S/C17H20N4O4/c1-18-16(23)14-10-21(12-6-4-5-7-13(12)25-14)9-11-8-15(22)20(3)17(24)19(11)2/h4-8,14H,9-10H2,1-3H3,(H,18,23). The van der Waals surface area contributed by atoms with Crippen LogP contribution in [0.25, 0.3) is 0 Å². The fraction of sp³-hybridized carbons (Fsp3) is 0.353. The molecule has 25 heavy (non-hydrogen) atoms. The number of fused-ring (bicyclic) bond motifs is 1. The normalized spacial score (nSPS) is 16.1. The highest BCUT2D eigenvalue weighted by molar-refractivity contribution is 5.83. The molecule has 8 nitrogen and oxygen atoms in total. The summed E-state index contributed by atoms with van der Waals surface area (Å²) in [5.41, 5.74) is 0.644. The molecule has 132 valence electrons. The smallest absolute Gasteiger partial charge is 0.330 e. The van der Waals surface area contributed by atoms with E-state index in [0.717, 1.165) is 10.3 Å². The maximum atomic E-state index is 12.1. The van der Waals surface area contributed by atoms with Crippen molar-refractivity contribution in [2.24, 2.45) is 14.1 Å². The summed E-state index contributed by atoms with van der Waals surface area (Å²) in [5.74, 6) is 0.369. The summed E-state index contributed by atoms with van der Waals surface area (Å²) in [5, 5.41) is 2.59. The first-order chi connectivity index (χ1) is 11.9. The molecule has 1 amide bonds. The number of hydrogen-bond acceptors (Lipinski definition) is 5. The van der Waals surface area contributed by atoms with E-state index in [4.69, 9.17) is 4.74 Å². The first-order valence-corrected chi connectivity index (χ1v) is 7.90. The third-order valence-corrected chi connectivity index (χ3v) is 4.38. The van der Waals surface area contributed by atoms with Gasteiger partial charge in [0.2, 0.25) is 0 Å². The van der Waals surface area contributed by atoms with Crippen molar-refractivity contribution in [3.63, 3.8) is 0 Å². The third-order valence-electron chi connectivity index (χ3n) is 4.38. The van der Waals surface area contributed by atoms with Crippen molar-refractivity contribution in [1.29, 1.82) is 0 Å². The lowest BCUT2D eigenvalue weighted by molar-refractivity contribution is -0.127. The van der Waals surface area contributed by atoms with Crippen LogP contribution in [0.5, 0.6) is 5.75 Å². The molecule has 3 rings (SSSR count). The molecule has 0 spiro atoms. The van der Waals surface area contributed by atoms with Gasteiger partial charge in [0.05, 0.1) is 18.8 Å². The maximum absolute atomic E-state index is 12.1. The monoisotopic (exact) mass is 344 g/mol. The number of carbonyl (C=O) groups excluding carboxylic acids is 1. The number of likely N-dealkylation sites (N-methyl/N-ethyl adjacent to an activating group) is 1. The zero-order chi connectivity index (χ0) is 18.1. The van der Waals surface area contributed by atoms with E-state index in [0.29, 0.717) is 24.5 Å². The quantitative estimate of drug-likeness (QED) is 0.819. The number of rotatable bonds is 3. The number of amides is 1. The first-order valence-electron chi connectivity index (χ1n) is 7.90. The van der Waals surface area contributed by atoms with Crippen LogP contribution >= 0.6 is 0 Å². The molecule has 0 bridgehead atoms. The van der Waals surface area contributed by atoms with Crippen LogP contribution in [0.2, 0.25) is 0 Å². The second-order valence-electron chi connectivity index (χ2n) is 5.94. The van der Waals surface area contributed by atoms with Crippen LogP contribution in [0.4, 0.5) is 5.69 Å². The molecule has 0 aliphatic carbocycles. The molecular weight excluding hydrogens is 324 g/mol. The van der Waals surface area contributed by atoms with Crippen LogP contribution in [0, 0.1) is 0 Å². The number of para-hydroxylation sites is 2. The van der Waals surface area contributed by atoms with Gasteiger partial charge in [0.1, 0.15) is 5.75 Å². The van der Waals surface area contributed by atoms with Crippen molar-refractivity contribution in [2.75, 3.05) is 18.5 Å². The Hall–Kier alpha value is -3.03. The number of anilines is 1. The topological polar surface area (TPSA) is 85.6 Å². The van der Waals surface area contributed by atoms with Gasteiger partial charge in [0.25, 0.3) is 11.5 Å². The summed E-state index contributed by atoms with van der Waals surface area (Å²) in [6.07, 6.45) is -0.663. The SMILES string of the molecule is CNC(=O)C1CN(Cc2cc(=O)n(C)c(=O)n2C)c2ccccc2O1. The molecule has 1 atom stereocenters. The second-order valence-corrected chi connectivity index (χ2v) is 5.94. The van der Waals surface area contributed by atoms with Crippen molar-refractivity contribution in [1.82, 2.24) is 14.5 Å². The van der Waals surface area contributed by atoms with E-state index in [9.17, 15) is 14.4 Å². The molecular formula is C17H20N4O4. The highest BCUT2D eigenvalue weighted by Crippen LogP contribution is 2.33. The lowest BCUT2D eigenvalue weighted by atomic mass is 10.1. The minimum absolute atomic E-state index is 0.225. The van der Waals surface area contributed by atoms with Gasteiger partial charge in [-0.3, -0.25) is 18.7 Å². The minimum atomic E-state index is -0.663. The Morgan fingerprint density at radius 2 is 1.96 bits per heavy atom. The fourth-order valence-corrected chi connectivity index (χ4v) is 2.88. The Labute approximate surface area is 144 Å². The maximum Gasteiger partial charge on any atom is 0.330 e. The highest BCUT2D eigenvalue weighted by Gasteiger charge is 2.30. The van der Waals surface area contributed by atoms with Crippen molar-refractivity contribution in [3.8, 4) is 5.75 Å². The van der Waals surface area contributed by atoms with Crippen LogP contribution in [0.1, 0.15) is 5.69 Å². The number of carbonyl (C=O) groups is 1. The van der Waals surface area contributed by atoms with E-state index < -0.39 is 6.10 Å². The van der Waals surface area contributed by atoms with Gasteiger partial charge in [-0.2, -0.15) is 0 Å². The zero-order valence-electron chi connectivity index (χ0n) is 14.4. The number of ether oxygens (including phenoxy) is 1. The van der Waals surface area contributed by atoms with E-state index >= 15 is 0 Å². The van der Waals surface area contributed by atoms with Crippen LogP contribution in [0.3, 0.4) is 0 Å². The third kappa shape index (κ3) is 3.02. The Morgan fingerprint density at radius 1 is 1.24 bits per heavy atom. The van der Waals surface area contributed by atoms with Crippen LogP contribution in [-0.2, 0) is 25.4 Å². The number of hydrogen-bond donors (Lipinski definition) is 1. The van der Waals surface area contributed by atoms with Crippen molar-refractivity contribution in [2.45, 2.75) is 12.6 Å². The van der Waals surface area contributed by atoms with E-state index in [-0.39, 0.29) is 17.2 Å². The molecule has 0 saturated heterocycles. The molecule has 0 saturated carbocycles. The summed E-state index contributed by atoms with van der Waals surface area (Å²) in [4.78, 5) is 38.1. The lowest BCUT2D eigenvalue weighted by Crippen LogP contribution is -2.48. The van der Waals surface area contributed by atoms with Gasteiger partial charge in [-0.25, -0.2) is 4.79 Å². The van der Waals surface area contributed by atoms with Crippen molar-refractivity contribution in [3.05, 3.63) is 56.9 Å². The van der Waals surface area contributed by atoms with Crippen LogP contribution in [0.15, 0.2) is 39.9 Å². The zero-order valence-corrected chi connectivity index (χ0v) is 14.4. The Morgan fingerprint density at radius 3 is 2.68 bits per heavy atom. The van der Waals surface area contributed by atoms with Crippen molar-refractivity contribution < 1.29 is 9.53 Å². The average molecular weight is 344 g/mol. The van der Waals surface area contributed by atoms with Gasteiger partial charge in [-0.05, 0) is 12.1 Å². The predicted molar refractivity (Wildman–Crippen MR) is 92.9 cm³/mol. The summed E-state index contributed by atoms with van der Waals surface area (Å²) in [6, 6.07) is 8.82. The highest BCUT2D eigenvalue weighted by atomic mass is 16.5. The lowest BCUT2D eigenvalue weighted by Gasteiger charge is -2.35. The minimum Gasteiger partial charge on any atom is -0.477 e. The summed E-state index contributed by atoms with van der Waals surface area (Å²) in [7, 11) is 4.63. The van der Waals surface area contributed by atoms with Crippen LogP contribution < -0.4 is 26.2 Å². The Kier molecular flexibility index (Phi) is 4.35. The number of benzene rings is 1. The van der Waals surface area contributed by atoms with E-state index in [1.54, 1.807) is 20.2 Å². The van der Waals surface area contributed by atoms with E-state index in [1.807, 2.05) is 23.1 Å². The second kappa shape index (κ2) is 6.46. The summed E-state index contributed by atoms with van der Waals surface area (Å²) < 4.78 is 8.26. The summed E-state index contributed by atoms with van der Waals surface area (Å²) in [6.45, 7) is 0.635. The molecule has 1 aromatic carbocycles. The molecule has 0 fully saturated rings. The number of nitrogens with one attached hydrogen (secondary N) is 1. The first kappa shape index (κ1) is 16.8. The van der Waals surface area contributed by atoms with Crippen molar-refractivity contribution >= 4 is 11.6 Å². The predicted octanol–water partition coefficient (Wildman–Crippen LogP) is -0.402. The summed E-state index contributed by atoms with van der Waals surface area (Å²) >= 11 is 0. The van der Waals surface area contributed by atoms with Gasteiger partial charge < -0.3 is 15.0 Å². The molecule has 2 aromatic rings. The Bertz CT molecular complexity index is 931. The van der Waals surface area contributed by atoms with Gasteiger partial charge in [-0.1, -0.05) is 12.1 Å². The molecule has 8 heteroatoms. The van der Waals surface area contributed by atoms with Gasteiger partial charge in [0, 0.05) is 32.9 Å². The van der Waals surface area contributed by atoms with Gasteiger partial charge in [0.15, 0.2) is 6.10 Å². The van der Waals surface area contributed by atoms with Crippen LogP contribution in [-0.4, -0.2) is 34.7 Å². The van der Waals surface area contributed by atoms with Gasteiger partial charge >= 0.3 is 5.69 Å². The molecule has 1 aromatic heterocycles. The molecule has 1 N–H and O–H groups in total. The number of aromatic nitrogens is 2.